The monoisotopic (exact) mass is 471 g/mol. The molecule has 1 heterocycles. The Morgan fingerprint density at radius 3 is 2.24 bits per heavy atom. The zero-order chi connectivity index (χ0) is 24.2. The fourth-order valence-electron chi connectivity index (χ4n) is 3.93. The second-order valence-electron chi connectivity index (χ2n) is 9.43. The van der Waals surface area contributed by atoms with E-state index in [0.29, 0.717) is 21.0 Å². The van der Waals surface area contributed by atoms with Crippen molar-refractivity contribution < 1.29 is 23.9 Å². The van der Waals surface area contributed by atoms with E-state index >= 15 is 0 Å². The van der Waals surface area contributed by atoms with E-state index in [1.165, 1.54) is 0 Å². The van der Waals surface area contributed by atoms with Crippen LogP contribution in [0.5, 0.6) is 0 Å². The molecule has 0 unspecified atom stereocenters. The molecule has 0 aliphatic heterocycles. The molecule has 1 saturated carbocycles. The zero-order valence-corrected chi connectivity index (χ0v) is 20.9. The molecule has 0 spiro atoms. The summed E-state index contributed by atoms with van der Waals surface area (Å²) in [7, 11) is 0. The molecule has 3 rings (SSSR count). The summed E-state index contributed by atoms with van der Waals surface area (Å²) in [5.74, 6) is -1.37. The van der Waals surface area contributed by atoms with E-state index in [1.807, 2.05) is 12.1 Å². The van der Waals surface area contributed by atoms with Gasteiger partial charge in [0.15, 0.2) is 0 Å². The minimum Gasteiger partial charge on any atom is -0.462 e. The van der Waals surface area contributed by atoms with Crippen molar-refractivity contribution in [3.8, 4) is 0 Å². The molecule has 1 aliphatic rings. The number of carbonyl (C=O) groups excluding carboxylic acids is 3. The number of benzene rings is 1. The second kappa shape index (κ2) is 10.5. The van der Waals surface area contributed by atoms with Crippen LogP contribution in [0.15, 0.2) is 24.3 Å². The Kier molecular flexibility index (Phi) is 7.95. The van der Waals surface area contributed by atoms with Gasteiger partial charge >= 0.3 is 11.9 Å². The smallest absolute Gasteiger partial charge is 0.348 e. The van der Waals surface area contributed by atoms with Crippen molar-refractivity contribution in [2.75, 3.05) is 11.9 Å². The highest BCUT2D eigenvalue weighted by molar-refractivity contribution is 7.18. The summed E-state index contributed by atoms with van der Waals surface area (Å²) >= 11 is 1.06. The van der Waals surface area contributed by atoms with Crippen LogP contribution in [0.3, 0.4) is 0 Å². The second-order valence-corrected chi connectivity index (χ2v) is 10.4. The van der Waals surface area contributed by atoms with Gasteiger partial charge in [-0.25, -0.2) is 9.59 Å². The molecule has 33 heavy (non-hydrogen) atoms. The summed E-state index contributed by atoms with van der Waals surface area (Å²) in [5.41, 5.74) is 2.24. The van der Waals surface area contributed by atoms with E-state index in [2.05, 4.69) is 26.1 Å². The van der Waals surface area contributed by atoms with Crippen molar-refractivity contribution in [2.24, 2.45) is 0 Å². The molecule has 0 radical (unpaired) electrons. The van der Waals surface area contributed by atoms with E-state index in [1.54, 1.807) is 26.0 Å². The number of carbonyl (C=O) groups is 3. The lowest BCUT2D eigenvalue weighted by molar-refractivity contribution is 0.0216. The Labute approximate surface area is 199 Å². The number of amides is 1. The van der Waals surface area contributed by atoms with Crippen LogP contribution in [-0.4, -0.2) is 30.6 Å². The lowest BCUT2D eigenvalue weighted by Crippen LogP contribution is -2.21. The maximum absolute atomic E-state index is 12.9. The number of nitrogens with one attached hydrogen (secondary N) is 1. The first-order valence-corrected chi connectivity index (χ1v) is 12.4. The number of rotatable bonds is 6. The van der Waals surface area contributed by atoms with E-state index in [9.17, 15) is 14.4 Å². The van der Waals surface area contributed by atoms with Gasteiger partial charge in [-0.1, -0.05) is 39.3 Å². The van der Waals surface area contributed by atoms with E-state index in [4.69, 9.17) is 9.47 Å². The zero-order valence-electron chi connectivity index (χ0n) is 20.1. The van der Waals surface area contributed by atoms with Gasteiger partial charge in [-0.3, -0.25) is 4.79 Å². The Morgan fingerprint density at radius 2 is 1.67 bits per heavy atom. The lowest BCUT2D eigenvalue weighted by atomic mass is 9.87. The van der Waals surface area contributed by atoms with Crippen LogP contribution in [0.2, 0.25) is 0 Å². The molecule has 178 valence electrons. The average Bonchev–Trinajstić information content (AvgIpc) is 3.10. The summed E-state index contributed by atoms with van der Waals surface area (Å²) in [6, 6.07) is 7.37. The molecule has 1 aromatic heterocycles. The molecule has 0 saturated heterocycles. The highest BCUT2D eigenvalue weighted by Crippen LogP contribution is 2.35. The third kappa shape index (κ3) is 6.02. The predicted molar refractivity (Wildman–Crippen MR) is 130 cm³/mol. The quantitative estimate of drug-likeness (QED) is 0.502. The Bertz CT molecular complexity index is 1010. The molecule has 1 fully saturated rings. The maximum atomic E-state index is 12.9. The minimum absolute atomic E-state index is 0.0233. The number of hydrogen-bond acceptors (Lipinski definition) is 6. The summed E-state index contributed by atoms with van der Waals surface area (Å²) in [4.78, 5) is 38.8. The first-order chi connectivity index (χ1) is 15.6. The molecule has 1 aliphatic carbocycles. The summed E-state index contributed by atoms with van der Waals surface area (Å²) in [6.07, 6.45) is 4.86. The third-order valence-electron chi connectivity index (χ3n) is 5.88. The summed E-state index contributed by atoms with van der Waals surface area (Å²) in [6.45, 7) is 9.92. The van der Waals surface area contributed by atoms with Crippen molar-refractivity contribution in [3.05, 3.63) is 51.4 Å². The van der Waals surface area contributed by atoms with Crippen LogP contribution < -0.4 is 5.32 Å². The molecule has 2 aromatic rings. The van der Waals surface area contributed by atoms with E-state index < -0.39 is 11.9 Å². The van der Waals surface area contributed by atoms with Gasteiger partial charge in [0.25, 0.3) is 5.91 Å². The van der Waals surface area contributed by atoms with Gasteiger partial charge in [-0.05, 0) is 68.2 Å². The molecule has 7 heteroatoms. The van der Waals surface area contributed by atoms with Gasteiger partial charge in [-0.15, -0.1) is 11.3 Å². The topological polar surface area (TPSA) is 81.7 Å². The van der Waals surface area contributed by atoms with Crippen molar-refractivity contribution in [3.63, 3.8) is 0 Å². The number of hydrogen-bond donors (Lipinski definition) is 1. The summed E-state index contributed by atoms with van der Waals surface area (Å²) < 4.78 is 10.9. The Morgan fingerprint density at radius 1 is 1.03 bits per heavy atom. The van der Waals surface area contributed by atoms with Crippen LogP contribution >= 0.6 is 11.3 Å². The van der Waals surface area contributed by atoms with Gasteiger partial charge in [0.05, 0.1) is 12.2 Å². The molecular formula is C26H33NO5S. The largest absolute Gasteiger partial charge is 0.462 e. The molecular weight excluding hydrogens is 438 g/mol. The highest BCUT2D eigenvalue weighted by Gasteiger charge is 2.29. The van der Waals surface area contributed by atoms with Crippen LogP contribution in [0.4, 0.5) is 5.00 Å². The lowest BCUT2D eigenvalue weighted by Gasteiger charge is -2.21. The fraction of sp³-hybridized carbons (Fsp3) is 0.500. The number of thiophene rings is 1. The number of ether oxygens (including phenoxy) is 2. The van der Waals surface area contributed by atoms with Crippen molar-refractivity contribution >= 4 is 34.2 Å². The van der Waals surface area contributed by atoms with Crippen molar-refractivity contribution in [2.45, 2.75) is 78.2 Å². The van der Waals surface area contributed by atoms with Gasteiger partial charge < -0.3 is 14.8 Å². The van der Waals surface area contributed by atoms with Gasteiger partial charge in [-0.2, -0.15) is 0 Å². The first kappa shape index (κ1) is 25.0. The van der Waals surface area contributed by atoms with Crippen molar-refractivity contribution in [1.29, 1.82) is 0 Å². The fourth-order valence-corrected chi connectivity index (χ4v) is 5.00. The normalized spacial score (nSPS) is 14.6. The summed E-state index contributed by atoms with van der Waals surface area (Å²) in [5, 5.41) is 3.11. The van der Waals surface area contributed by atoms with Crippen LogP contribution in [0, 0.1) is 6.92 Å². The first-order valence-electron chi connectivity index (χ1n) is 11.5. The predicted octanol–water partition coefficient (Wildman–Crippen LogP) is 6.27. The molecule has 1 aromatic carbocycles. The third-order valence-corrected chi connectivity index (χ3v) is 7.07. The minimum atomic E-state index is -0.568. The molecule has 0 bridgehead atoms. The number of anilines is 1. The van der Waals surface area contributed by atoms with Gasteiger partial charge in [0, 0.05) is 5.56 Å². The highest BCUT2D eigenvalue weighted by atomic mass is 32.1. The Hall–Kier alpha value is -2.67. The van der Waals surface area contributed by atoms with Gasteiger partial charge in [0.1, 0.15) is 16.0 Å². The van der Waals surface area contributed by atoms with E-state index in [-0.39, 0.29) is 29.6 Å². The van der Waals surface area contributed by atoms with Gasteiger partial charge in [0.2, 0.25) is 0 Å². The van der Waals surface area contributed by atoms with E-state index in [0.717, 1.165) is 49.0 Å². The molecule has 1 N–H and O–H groups in total. The SMILES string of the molecule is CCOC(=O)c1c(NC(=O)c2ccc(C(C)(C)C)cc2)sc(C(=O)OC2CCCCC2)c1C. The molecule has 0 atom stereocenters. The average molecular weight is 472 g/mol. The maximum Gasteiger partial charge on any atom is 0.348 e. The van der Waals surface area contributed by atoms with Crippen LogP contribution in [-0.2, 0) is 14.9 Å². The van der Waals surface area contributed by atoms with Crippen molar-refractivity contribution in [1.82, 2.24) is 0 Å². The standard InChI is InChI=1S/C26H33NO5S/c1-6-31-24(29)20-16(2)21(25(30)32-19-10-8-7-9-11-19)33-23(20)27-22(28)17-12-14-18(15-13-17)26(3,4)5/h12-15,19H,6-11H2,1-5H3,(H,27,28). The molecule has 1 amide bonds. The molecule has 6 nitrogen and oxygen atoms in total. The Balaban J connectivity index is 1.86. The number of esters is 2. The van der Waals surface area contributed by atoms with Crippen LogP contribution in [0.1, 0.15) is 101 Å². The van der Waals surface area contributed by atoms with Crippen LogP contribution in [0.25, 0.3) is 0 Å².